The minimum absolute atomic E-state index is 0.0701. The number of hydrogen-bond donors (Lipinski definition) is 1. The fraction of sp³-hybridized carbons (Fsp3) is 0.560. The Morgan fingerprint density at radius 3 is 1.93 bits per heavy atom. The number of amides is 2. The summed E-state index contributed by atoms with van der Waals surface area (Å²) >= 11 is 0. The highest BCUT2D eigenvalue weighted by Gasteiger charge is 2.54. The molecule has 0 radical (unpaired) electrons. The monoisotopic (exact) mass is 560 g/mol. The lowest BCUT2D eigenvalue weighted by Gasteiger charge is -2.61. The van der Waals surface area contributed by atoms with Crippen LogP contribution in [-0.4, -0.2) is 117 Å². The first-order chi connectivity index (χ1) is 19.1. The maximum absolute atomic E-state index is 13.3. The van der Waals surface area contributed by atoms with Crippen molar-refractivity contribution in [2.75, 3.05) is 31.1 Å². The lowest BCUT2D eigenvalue weighted by molar-refractivity contribution is -0.138. The van der Waals surface area contributed by atoms with Crippen molar-refractivity contribution in [1.82, 2.24) is 25.1 Å². The second kappa shape index (κ2) is 10.7. The Balaban J connectivity index is 1.13. The third kappa shape index (κ3) is 5.41. The van der Waals surface area contributed by atoms with E-state index in [0.717, 1.165) is 38.3 Å². The fourth-order valence-electron chi connectivity index (χ4n) is 7.54. The molecule has 2 saturated heterocycles. The van der Waals surface area contributed by atoms with Gasteiger partial charge in [-0.15, -0.1) is 16.4 Å². The Kier molecular flexibility index (Phi) is 7.79. The number of urea groups is 1. The molecule has 2 aliphatic heterocycles. The van der Waals surface area contributed by atoms with Crippen LogP contribution < -0.4 is 37.5 Å². The zero-order valence-electron chi connectivity index (χ0n) is 25.5. The number of rotatable bonds is 4. The van der Waals surface area contributed by atoms with Crippen LogP contribution in [0.1, 0.15) is 43.8 Å². The molecule has 5 rings (SSSR count). The maximum Gasteiger partial charge on any atom is 0.419 e. The van der Waals surface area contributed by atoms with Gasteiger partial charge in [0.2, 0.25) is 5.95 Å². The molecule has 1 N–H and O–H groups in total. The molecule has 16 heteroatoms. The molecule has 7 nitrogen and oxygen atoms in total. The number of hydrogen-bond acceptors (Lipinski definition) is 5. The molecule has 2 aromatic rings. The van der Waals surface area contributed by atoms with Crippen LogP contribution in [0.3, 0.4) is 0 Å². The average Bonchev–Trinajstić information content (AvgIpc) is 2.86. The Labute approximate surface area is 246 Å². The minimum atomic E-state index is -4.47. The number of piperazine rings is 1. The smallest absolute Gasteiger partial charge is 0.337 e. The quantitative estimate of drug-likeness (QED) is 0.379. The zero-order chi connectivity index (χ0) is 30.0. The van der Waals surface area contributed by atoms with Crippen LogP contribution in [-0.2, 0) is 6.18 Å². The topological polar surface area (TPSA) is 64.6 Å². The van der Waals surface area contributed by atoms with Crippen LogP contribution >= 0.6 is 0 Å². The summed E-state index contributed by atoms with van der Waals surface area (Å²) in [7, 11) is 13.5. The van der Waals surface area contributed by atoms with E-state index in [2.05, 4.69) is 67.3 Å². The van der Waals surface area contributed by atoms with Gasteiger partial charge in [-0.25, -0.2) is 14.8 Å². The summed E-state index contributed by atoms with van der Waals surface area (Å²) < 4.78 is 38.7. The first-order valence-electron chi connectivity index (χ1n) is 14.7. The summed E-state index contributed by atoms with van der Waals surface area (Å²) in [4.78, 5) is 27.5. The molecule has 1 saturated carbocycles. The number of carbonyl (C=O) groups is 1. The summed E-state index contributed by atoms with van der Waals surface area (Å²) in [6.45, 7) is 6.95. The van der Waals surface area contributed by atoms with Gasteiger partial charge in [-0.3, -0.25) is 0 Å². The predicted molar refractivity (Wildman–Crippen MR) is 174 cm³/mol. The Bertz CT molecular complexity index is 1290. The minimum Gasteiger partial charge on any atom is -0.337 e. The lowest BCUT2D eigenvalue weighted by atomic mass is 9.56. The molecule has 3 fully saturated rings. The van der Waals surface area contributed by atoms with Crippen molar-refractivity contribution in [3.63, 3.8) is 0 Å². The third-order valence-electron chi connectivity index (χ3n) is 10.2. The van der Waals surface area contributed by atoms with E-state index in [1.807, 2.05) is 23.6 Å². The molecule has 1 aromatic carbocycles. The molecule has 1 unspecified atom stereocenters. The zero-order valence-corrected chi connectivity index (χ0v) is 25.5. The third-order valence-corrected chi connectivity index (χ3v) is 10.2. The van der Waals surface area contributed by atoms with Crippen molar-refractivity contribution >= 4 is 86.4 Å². The van der Waals surface area contributed by atoms with Gasteiger partial charge in [0.25, 0.3) is 0 Å². The molecular weight excluding hydrogens is 522 g/mol. The number of alkyl halides is 3. The van der Waals surface area contributed by atoms with Gasteiger partial charge in [-0.1, -0.05) is 16.5 Å². The van der Waals surface area contributed by atoms with Gasteiger partial charge < -0.3 is 20.0 Å². The largest absolute Gasteiger partial charge is 0.419 e. The molecule has 41 heavy (non-hydrogen) atoms. The van der Waals surface area contributed by atoms with Crippen LogP contribution in [0.2, 0.25) is 0 Å². The van der Waals surface area contributed by atoms with E-state index < -0.39 is 11.7 Å². The Morgan fingerprint density at radius 1 is 0.951 bits per heavy atom. The van der Waals surface area contributed by atoms with E-state index in [9.17, 15) is 18.0 Å². The molecule has 2 amide bonds. The highest BCUT2D eigenvalue weighted by Crippen LogP contribution is 2.50. The van der Waals surface area contributed by atoms with Crippen molar-refractivity contribution in [3.05, 3.63) is 23.5 Å². The molecule has 3 atom stereocenters. The Morgan fingerprint density at radius 2 is 1.44 bits per heavy atom. The molecular formula is C25H37B6F3N6O. The number of carbonyl (C=O) groups excluding carboxylic acids is 1. The highest BCUT2D eigenvalue weighted by atomic mass is 19.4. The predicted octanol–water partition coefficient (Wildman–Crippen LogP) is -5.81. The number of halogens is 3. The number of nitrogens with one attached hydrogen (secondary N) is 1. The van der Waals surface area contributed by atoms with E-state index in [0.29, 0.717) is 24.4 Å². The molecule has 3 aliphatic rings. The second-order valence-electron chi connectivity index (χ2n) is 13.0. The number of benzene rings is 1. The summed E-state index contributed by atoms with van der Waals surface area (Å²) in [6, 6.07) is -0.166. The fourth-order valence-corrected chi connectivity index (χ4v) is 7.54. The number of aromatic nitrogens is 2. The van der Waals surface area contributed by atoms with Gasteiger partial charge >= 0.3 is 12.2 Å². The van der Waals surface area contributed by atoms with Crippen LogP contribution in [0.25, 0.3) is 0 Å². The van der Waals surface area contributed by atoms with Crippen molar-refractivity contribution in [1.29, 1.82) is 0 Å². The molecule has 0 bridgehead atoms. The van der Waals surface area contributed by atoms with E-state index in [4.69, 9.17) is 0 Å². The number of anilines is 1. The molecule has 3 heterocycles. The van der Waals surface area contributed by atoms with Crippen molar-refractivity contribution < 1.29 is 18.0 Å². The summed E-state index contributed by atoms with van der Waals surface area (Å²) in [6.07, 6.45) is -0.848. The first kappa shape index (κ1) is 30.0. The summed E-state index contributed by atoms with van der Waals surface area (Å²) in [5, 5.41) is 3.26. The first-order valence-corrected chi connectivity index (χ1v) is 14.7. The maximum atomic E-state index is 13.3. The van der Waals surface area contributed by atoms with Crippen LogP contribution in [0, 0.1) is 5.41 Å². The molecule has 1 aromatic heterocycles. The normalized spacial score (nSPS) is 23.6. The van der Waals surface area contributed by atoms with Gasteiger partial charge in [0.15, 0.2) is 0 Å². The lowest BCUT2D eigenvalue weighted by Crippen LogP contribution is -2.69. The Hall–Kier alpha value is -2.49. The molecule has 1 spiro atoms. The van der Waals surface area contributed by atoms with Crippen molar-refractivity contribution in [3.8, 4) is 0 Å². The van der Waals surface area contributed by atoms with Crippen molar-refractivity contribution in [2.24, 2.45) is 5.41 Å². The van der Waals surface area contributed by atoms with E-state index in [-0.39, 0.29) is 30.1 Å². The van der Waals surface area contributed by atoms with Crippen LogP contribution in [0.4, 0.5) is 23.9 Å². The van der Waals surface area contributed by atoms with E-state index in [1.54, 1.807) is 0 Å². The van der Waals surface area contributed by atoms with E-state index in [1.165, 1.54) is 32.9 Å². The average molecular weight is 559 g/mol. The SMILES string of the molecule is Bc1c(B)c(B)c(C(B)N2CC3(CC(NC(=O)N4[C@H](C)CN(c5ncc(C(F)(F)F)cn5)C[C@@H]4C)C3)C2)c(B)c1B. The van der Waals surface area contributed by atoms with Gasteiger partial charge in [0, 0.05) is 62.6 Å². The van der Waals surface area contributed by atoms with Crippen LogP contribution in [0.5, 0.6) is 0 Å². The second-order valence-corrected chi connectivity index (χ2v) is 13.0. The van der Waals surface area contributed by atoms with Gasteiger partial charge in [0.05, 0.1) is 5.56 Å². The van der Waals surface area contributed by atoms with E-state index >= 15 is 0 Å². The summed E-state index contributed by atoms with van der Waals surface area (Å²) in [5.41, 5.74) is 7.89. The van der Waals surface area contributed by atoms with Crippen molar-refractivity contribution in [2.45, 2.75) is 56.9 Å². The van der Waals surface area contributed by atoms with Crippen LogP contribution in [0.15, 0.2) is 12.4 Å². The number of nitrogens with zero attached hydrogens (tertiary/aromatic N) is 5. The van der Waals surface area contributed by atoms with Gasteiger partial charge in [-0.05, 0) is 32.1 Å². The highest BCUT2D eigenvalue weighted by molar-refractivity contribution is 6.67. The number of likely N-dealkylation sites (tertiary alicyclic amines) is 1. The van der Waals surface area contributed by atoms with Gasteiger partial charge in [-0.2, -0.15) is 13.2 Å². The summed E-state index contributed by atoms with van der Waals surface area (Å²) in [5.74, 6) is 0.627. The standard InChI is InChI=1S/C25H37B6F3N6O/c1-11-7-38(22-35-5-13(6-36-22)25(32,33)34)8-12(2)40(11)23(41)37-14-3-24(4-14)9-39(10-24)21(31)15-16(26)18(28)20(30)19(29)17(15)27/h5-6,11-12,14,21H,3-4,7-10,26-31H2,1-2H3,(H,37,41)/t11-,12+,21?. The molecule has 212 valence electrons. The van der Waals surface area contributed by atoms with Gasteiger partial charge in [0.1, 0.15) is 47.1 Å². The molecule has 1 aliphatic carbocycles.